The Morgan fingerprint density at radius 2 is 1.65 bits per heavy atom. The zero-order valence-electron chi connectivity index (χ0n) is 16.3. The van der Waals surface area contributed by atoms with Crippen molar-refractivity contribution in [1.82, 2.24) is 5.32 Å². The van der Waals surface area contributed by atoms with E-state index in [0.717, 1.165) is 17.7 Å². The van der Waals surface area contributed by atoms with Crippen molar-refractivity contribution in [2.75, 3.05) is 12.3 Å². The highest BCUT2D eigenvalue weighted by atomic mass is 19.2. The number of carboxylic acid groups (broad SMARTS) is 1. The lowest BCUT2D eigenvalue weighted by Crippen LogP contribution is -2.44. The lowest BCUT2D eigenvalue weighted by Gasteiger charge is -2.16. The van der Waals surface area contributed by atoms with Crippen molar-refractivity contribution in [3.05, 3.63) is 89.5 Å². The molecule has 6 nitrogen and oxygen atoms in total. The minimum Gasteiger partial charge on any atom is -0.480 e. The molecule has 0 saturated heterocycles. The number of hydrogen-bond acceptors (Lipinski definition) is 4. The van der Waals surface area contributed by atoms with Gasteiger partial charge in [-0.2, -0.15) is 0 Å². The minimum atomic E-state index is -1.28. The van der Waals surface area contributed by atoms with E-state index in [1.807, 2.05) is 30.3 Å². The average Bonchev–Trinajstić information content (AvgIpc) is 2.75. The molecule has 1 atom stereocenters. The van der Waals surface area contributed by atoms with Crippen molar-refractivity contribution in [2.24, 2.45) is 0 Å². The molecule has 0 unspecified atom stereocenters. The lowest BCUT2D eigenvalue weighted by atomic mass is 10.0. The molecule has 0 aliphatic heterocycles. The Bertz CT molecular complexity index is 1090. The van der Waals surface area contributed by atoms with Gasteiger partial charge in [0.15, 0.2) is 17.7 Å². The van der Waals surface area contributed by atoms with Crippen molar-refractivity contribution < 1.29 is 28.2 Å². The second-order valence-corrected chi connectivity index (χ2v) is 6.80. The maximum absolute atomic E-state index is 13.5. The van der Waals surface area contributed by atoms with Gasteiger partial charge in [-0.1, -0.05) is 42.5 Å². The highest BCUT2D eigenvalue weighted by Gasteiger charge is 2.22. The van der Waals surface area contributed by atoms with E-state index in [1.165, 1.54) is 24.3 Å². The second kappa shape index (κ2) is 9.82. The van der Waals surface area contributed by atoms with Gasteiger partial charge in [0.25, 0.3) is 5.91 Å². The first-order valence-corrected chi connectivity index (χ1v) is 9.35. The smallest absolute Gasteiger partial charge is 0.328 e. The van der Waals surface area contributed by atoms with E-state index in [1.54, 1.807) is 0 Å². The summed E-state index contributed by atoms with van der Waals surface area (Å²) in [6.45, 7) is -0.0334. The van der Waals surface area contributed by atoms with Gasteiger partial charge in [-0.05, 0) is 41.0 Å². The van der Waals surface area contributed by atoms with Crippen LogP contribution in [-0.4, -0.2) is 29.6 Å². The number of halogens is 2. The van der Waals surface area contributed by atoms with E-state index < -0.39 is 29.6 Å². The van der Waals surface area contributed by atoms with Crippen LogP contribution in [0.3, 0.4) is 0 Å². The van der Waals surface area contributed by atoms with E-state index in [2.05, 4.69) is 5.32 Å². The zero-order valence-corrected chi connectivity index (χ0v) is 16.3. The summed E-state index contributed by atoms with van der Waals surface area (Å²) in [4.78, 5) is 24.0. The van der Waals surface area contributed by atoms with E-state index >= 15 is 0 Å². The monoisotopic (exact) mass is 426 g/mol. The number of carboxylic acids is 1. The molecule has 0 spiro atoms. The zero-order chi connectivity index (χ0) is 22.4. The number of nitrogens with one attached hydrogen (secondary N) is 1. The number of nitrogens with two attached hydrogens (primary N) is 1. The number of aliphatic carboxylic acids is 1. The van der Waals surface area contributed by atoms with Crippen LogP contribution in [-0.2, 0) is 16.1 Å². The largest absolute Gasteiger partial charge is 0.480 e. The van der Waals surface area contributed by atoms with Gasteiger partial charge >= 0.3 is 5.97 Å². The highest BCUT2D eigenvalue weighted by molar-refractivity contribution is 6.01. The molecule has 3 rings (SSSR count). The summed E-state index contributed by atoms with van der Waals surface area (Å²) in [5.41, 5.74) is 7.80. The molecule has 31 heavy (non-hydrogen) atoms. The molecular formula is C23H20F2N2O4. The molecule has 0 aromatic heterocycles. The number of benzene rings is 3. The van der Waals surface area contributed by atoms with Crippen LogP contribution in [0.2, 0.25) is 0 Å². The third-order valence-corrected chi connectivity index (χ3v) is 4.55. The first-order valence-electron chi connectivity index (χ1n) is 9.35. The molecule has 8 heteroatoms. The van der Waals surface area contributed by atoms with Gasteiger partial charge in [0, 0.05) is 5.69 Å². The first-order chi connectivity index (χ1) is 14.8. The second-order valence-electron chi connectivity index (χ2n) is 6.80. The molecule has 0 bridgehead atoms. The van der Waals surface area contributed by atoms with E-state index in [-0.39, 0.29) is 24.5 Å². The fraction of sp³-hybridized carbons (Fsp3) is 0.130. The molecule has 4 N–H and O–H groups in total. The summed E-state index contributed by atoms with van der Waals surface area (Å²) in [6.07, 6.45) is 0. The molecule has 0 aliphatic carbocycles. The fourth-order valence-electron chi connectivity index (χ4n) is 2.90. The van der Waals surface area contributed by atoms with Crippen molar-refractivity contribution in [2.45, 2.75) is 12.6 Å². The summed E-state index contributed by atoms with van der Waals surface area (Å²) in [6, 6.07) is 15.7. The molecule has 160 valence electrons. The number of amides is 1. The molecule has 0 aliphatic rings. The predicted molar refractivity (Wildman–Crippen MR) is 111 cm³/mol. The number of anilines is 1. The molecule has 3 aromatic carbocycles. The van der Waals surface area contributed by atoms with Crippen LogP contribution in [0.4, 0.5) is 14.5 Å². The average molecular weight is 426 g/mol. The van der Waals surface area contributed by atoms with Gasteiger partial charge in [-0.3, -0.25) is 4.79 Å². The van der Waals surface area contributed by atoms with Crippen LogP contribution < -0.4 is 11.1 Å². The number of carbonyl (C=O) groups is 2. The normalized spacial score (nSPS) is 11.7. The first kappa shape index (κ1) is 21.9. The molecule has 0 heterocycles. The quantitative estimate of drug-likeness (QED) is 0.478. The third kappa shape index (κ3) is 5.64. The minimum absolute atomic E-state index is 0.0562. The van der Waals surface area contributed by atoms with E-state index in [9.17, 15) is 23.5 Å². The number of carbonyl (C=O) groups excluding carboxylic acids is 1. The van der Waals surface area contributed by atoms with Gasteiger partial charge in [-0.25, -0.2) is 13.6 Å². The number of nitrogen functional groups attached to an aromatic ring is 1. The lowest BCUT2D eigenvalue weighted by molar-refractivity contribution is -0.141. The van der Waals surface area contributed by atoms with Crippen LogP contribution in [0.1, 0.15) is 15.9 Å². The van der Waals surface area contributed by atoms with Crippen LogP contribution in [0.25, 0.3) is 11.1 Å². The number of ether oxygens (including phenoxy) is 1. The number of hydrogen-bond donors (Lipinski definition) is 3. The molecule has 0 radical (unpaired) electrons. The van der Waals surface area contributed by atoms with E-state index in [4.69, 9.17) is 10.5 Å². The van der Waals surface area contributed by atoms with Crippen LogP contribution in [0, 0.1) is 11.6 Å². The Balaban J connectivity index is 1.67. The molecule has 1 amide bonds. The predicted octanol–water partition coefficient (Wildman–Crippen LogP) is 3.61. The summed E-state index contributed by atoms with van der Waals surface area (Å²) < 4.78 is 32.0. The van der Waals surface area contributed by atoms with Gasteiger partial charge in [-0.15, -0.1) is 0 Å². The Morgan fingerprint density at radius 1 is 0.968 bits per heavy atom. The summed E-state index contributed by atoms with van der Waals surface area (Å²) >= 11 is 0. The van der Waals surface area contributed by atoms with E-state index in [0.29, 0.717) is 11.1 Å². The topological polar surface area (TPSA) is 102 Å². The van der Waals surface area contributed by atoms with Crippen molar-refractivity contribution >= 4 is 17.6 Å². The van der Waals surface area contributed by atoms with Gasteiger partial charge in [0.2, 0.25) is 0 Å². The van der Waals surface area contributed by atoms with Gasteiger partial charge in [0.1, 0.15) is 0 Å². The standard InChI is InChI=1S/C23H20F2N2O4/c24-18-9-7-15(10-19(18)25)16-6-8-17(20(26)11-16)22(28)27-21(23(29)30)13-31-12-14-4-2-1-3-5-14/h1-11,21H,12-13,26H2,(H,27,28)(H,29,30)/t21-/m0/s1. The van der Waals surface area contributed by atoms with Crippen LogP contribution in [0.15, 0.2) is 66.7 Å². The van der Waals surface area contributed by atoms with Gasteiger partial charge in [0.05, 0.1) is 18.8 Å². The van der Waals surface area contributed by atoms with Crippen molar-refractivity contribution in [3.63, 3.8) is 0 Å². The number of rotatable bonds is 8. The van der Waals surface area contributed by atoms with Gasteiger partial charge < -0.3 is 20.9 Å². The molecule has 0 saturated carbocycles. The Kier molecular flexibility index (Phi) is 6.94. The Morgan fingerprint density at radius 3 is 2.29 bits per heavy atom. The Labute approximate surface area is 177 Å². The van der Waals surface area contributed by atoms with Crippen molar-refractivity contribution in [1.29, 1.82) is 0 Å². The highest BCUT2D eigenvalue weighted by Crippen LogP contribution is 2.25. The van der Waals surface area contributed by atoms with Crippen LogP contribution >= 0.6 is 0 Å². The summed E-state index contributed by atoms with van der Waals surface area (Å²) in [5.74, 6) is -3.91. The maximum Gasteiger partial charge on any atom is 0.328 e. The maximum atomic E-state index is 13.5. The summed E-state index contributed by atoms with van der Waals surface area (Å²) in [7, 11) is 0. The molecular weight excluding hydrogens is 406 g/mol. The fourth-order valence-corrected chi connectivity index (χ4v) is 2.90. The molecule has 3 aromatic rings. The van der Waals surface area contributed by atoms with Crippen molar-refractivity contribution in [3.8, 4) is 11.1 Å². The van der Waals surface area contributed by atoms with Crippen LogP contribution in [0.5, 0.6) is 0 Å². The third-order valence-electron chi connectivity index (χ3n) is 4.55. The molecule has 0 fully saturated rings. The SMILES string of the molecule is Nc1cc(-c2ccc(F)c(F)c2)ccc1C(=O)N[C@@H](COCc1ccccc1)C(=O)O. The Hall–Kier alpha value is -3.78. The summed E-state index contributed by atoms with van der Waals surface area (Å²) in [5, 5.41) is 11.8.